The first-order chi connectivity index (χ1) is 9.65. The third kappa shape index (κ3) is 2.61. The van der Waals surface area contributed by atoms with Crippen LogP contribution >= 0.6 is 0 Å². The summed E-state index contributed by atoms with van der Waals surface area (Å²) >= 11 is 0. The first-order valence-electron chi connectivity index (χ1n) is 6.89. The smallest absolute Gasteiger partial charge is 0.326 e. The van der Waals surface area contributed by atoms with Crippen LogP contribution < -0.4 is 10.1 Å². The molecule has 0 spiro atoms. The number of para-hydroxylation sites is 1. The normalized spacial score (nSPS) is 22.3. The fourth-order valence-electron chi connectivity index (χ4n) is 2.58. The molecular weight excluding hydrogens is 258 g/mol. The highest BCUT2D eigenvalue weighted by atomic mass is 16.5. The molecule has 1 saturated carbocycles. The minimum absolute atomic E-state index is 0.0910. The lowest BCUT2D eigenvalue weighted by Gasteiger charge is -2.25. The topological polar surface area (TPSA) is 75.6 Å². The largest absolute Gasteiger partial charge is 0.492 e. The second-order valence-corrected chi connectivity index (χ2v) is 5.48. The number of carboxylic acids is 1. The molecule has 1 aliphatic heterocycles. The number of ether oxygens (including phenoxy) is 1. The number of hydrogen-bond donors (Lipinski definition) is 2. The molecule has 2 atom stereocenters. The highest BCUT2D eigenvalue weighted by Crippen LogP contribution is 2.33. The number of hydrogen-bond acceptors (Lipinski definition) is 3. The molecule has 1 fully saturated rings. The van der Waals surface area contributed by atoms with Crippen LogP contribution in [-0.4, -0.2) is 29.6 Å². The third-order valence-corrected chi connectivity index (χ3v) is 3.91. The number of carbonyl (C=O) groups excluding carboxylic acids is 1. The van der Waals surface area contributed by atoms with Crippen LogP contribution in [0.15, 0.2) is 24.3 Å². The Hall–Kier alpha value is -2.04. The van der Waals surface area contributed by atoms with E-state index in [9.17, 15) is 9.59 Å². The van der Waals surface area contributed by atoms with E-state index in [1.54, 1.807) is 0 Å². The molecule has 2 aliphatic rings. The monoisotopic (exact) mass is 275 g/mol. The van der Waals surface area contributed by atoms with Crippen molar-refractivity contribution in [2.24, 2.45) is 11.8 Å². The first kappa shape index (κ1) is 13.0. The third-order valence-electron chi connectivity index (χ3n) is 3.91. The maximum atomic E-state index is 12.2. The molecule has 1 heterocycles. The van der Waals surface area contributed by atoms with Gasteiger partial charge in [0.2, 0.25) is 5.91 Å². The standard InChI is InChI=1S/C15H17NO4/c17-14(16-13(15(18)19)9-5-6-9)11-7-10-3-1-2-4-12(10)20-8-11/h1-4,9,11,13H,5-8H2,(H,16,17)(H,18,19). The molecule has 3 rings (SSSR count). The van der Waals surface area contributed by atoms with Gasteiger partial charge in [-0.25, -0.2) is 4.79 Å². The molecule has 0 saturated heterocycles. The van der Waals surface area contributed by atoms with Gasteiger partial charge in [0.05, 0.1) is 5.92 Å². The molecule has 2 unspecified atom stereocenters. The zero-order chi connectivity index (χ0) is 14.1. The lowest BCUT2D eigenvalue weighted by Crippen LogP contribution is -2.47. The van der Waals surface area contributed by atoms with Gasteiger partial charge >= 0.3 is 5.97 Å². The SMILES string of the molecule is O=C(NC(C(=O)O)C1CC1)C1COc2ccccc2C1. The number of carbonyl (C=O) groups is 2. The summed E-state index contributed by atoms with van der Waals surface area (Å²) in [6, 6.07) is 6.87. The molecule has 0 aromatic heterocycles. The van der Waals surface area contributed by atoms with Crippen molar-refractivity contribution in [2.45, 2.75) is 25.3 Å². The summed E-state index contributed by atoms with van der Waals surface area (Å²) in [5.41, 5.74) is 0.997. The van der Waals surface area contributed by atoms with Crippen LogP contribution in [0.1, 0.15) is 18.4 Å². The number of nitrogens with one attached hydrogen (secondary N) is 1. The summed E-state index contributed by atoms with van der Waals surface area (Å²) in [5, 5.41) is 11.8. The van der Waals surface area contributed by atoms with E-state index in [2.05, 4.69) is 5.32 Å². The van der Waals surface area contributed by atoms with E-state index in [1.807, 2.05) is 24.3 Å². The Kier molecular flexibility index (Phi) is 3.34. The van der Waals surface area contributed by atoms with Crippen molar-refractivity contribution in [2.75, 3.05) is 6.61 Å². The average Bonchev–Trinajstić information content (AvgIpc) is 3.28. The Labute approximate surface area is 116 Å². The van der Waals surface area contributed by atoms with Gasteiger partial charge in [0, 0.05) is 0 Å². The Morgan fingerprint density at radius 3 is 2.75 bits per heavy atom. The van der Waals surface area contributed by atoms with E-state index in [0.717, 1.165) is 24.2 Å². The molecular formula is C15H17NO4. The first-order valence-corrected chi connectivity index (χ1v) is 6.89. The van der Waals surface area contributed by atoms with Gasteiger partial charge < -0.3 is 15.2 Å². The van der Waals surface area contributed by atoms with E-state index in [1.165, 1.54) is 0 Å². The number of fused-ring (bicyclic) bond motifs is 1. The molecule has 2 N–H and O–H groups in total. The highest BCUT2D eigenvalue weighted by Gasteiger charge is 2.38. The zero-order valence-corrected chi connectivity index (χ0v) is 11.0. The van der Waals surface area contributed by atoms with E-state index in [0.29, 0.717) is 13.0 Å². The minimum Gasteiger partial charge on any atom is -0.492 e. The van der Waals surface area contributed by atoms with Crippen molar-refractivity contribution < 1.29 is 19.4 Å². The highest BCUT2D eigenvalue weighted by molar-refractivity contribution is 5.85. The van der Waals surface area contributed by atoms with Gasteiger partial charge in [-0.15, -0.1) is 0 Å². The summed E-state index contributed by atoms with van der Waals surface area (Å²) in [7, 11) is 0. The van der Waals surface area contributed by atoms with Crippen molar-refractivity contribution in [1.29, 1.82) is 0 Å². The van der Waals surface area contributed by atoms with E-state index < -0.39 is 12.0 Å². The molecule has 1 aliphatic carbocycles. The van der Waals surface area contributed by atoms with Gasteiger partial charge in [-0.2, -0.15) is 0 Å². The number of rotatable bonds is 4. The molecule has 1 amide bonds. The van der Waals surface area contributed by atoms with Crippen molar-refractivity contribution in [3.8, 4) is 5.75 Å². The van der Waals surface area contributed by atoms with E-state index in [4.69, 9.17) is 9.84 Å². The van der Waals surface area contributed by atoms with Crippen LogP contribution in [0.4, 0.5) is 0 Å². The summed E-state index contributed by atoms with van der Waals surface area (Å²) in [5.74, 6) is -0.580. The van der Waals surface area contributed by atoms with Gasteiger partial charge in [0.25, 0.3) is 0 Å². The quantitative estimate of drug-likeness (QED) is 0.866. The van der Waals surface area contributed by atoms with Gasteiger partial charge in [-0.3, -0.25) is 4.79 Å². The maximum Gasteiger partial charge on any atom is 0.326 e. The van der Waals surface area contributed by atoms with Crippen molar-refractivity contribution in [1.82, 2.24) is 5.32 Å². The Bertz CT molecular complexity index is 538. The number of aliphatic carboxylic acids is 1. The molecule has 1 aromatic carbocycles. The molecule has 0 radical (unpaired) electrons. The van der Waals surface area contributed by atoms with Gasteiger partial charge in [0.15, 0.2) is 0 Å². The fraction of sp³-hybridized carbons (Fsp3) is 0.467. The van der Waals surface area contributed by atoms with Crippen LogP contribution in [0.5, 0.6) is 5.75 Å². The number of amides is 1. The number of benzene rings is 1. The van der Waals surface area contributed by atoms with Crippen LogP contribution in [0, 0.1) is 11.8 Å². The second kappa shape index (κ2) is 5.15. The number of carboxylic acid groups (broad SMARTS) is 1. The summed E-state index contributed by atoms with van der Waals surface area (Å²) in [6.45, 7) is 0.305. The zero-order valence-electron chi connectivity index (χ0n) is 11.0. The predicted molar refractivity (Wildman–Crippen MR) is 71.4 cm³/mol. The van der Waals surface area contributed by atoms with Crippen LogP contribution in [-0.2, 0) is 16.0 Å². The maximum absolute atomic E-state index is 12.2. The molecule has 5 nitrogen and oxygen atoms in total. The second-order valence-electron chi connectivity index (χ2n) is 5.48. The summed E-state index contributed by atoms with van der Waals surface area (Å²) in [4.78, 5) is 23.4. The molecule has 20 heavy (non-hydrogen) atoms. The lowest BCUT2D eigenvalue weighted by atomic mass is 9.95. The van der Waals surface area contributed by atoms with Crippen LogP contribution in [0.25, 0.3) is 0 Å². The van der Waals surface area contributed by atoms with Crippen LogP contribution in [0.2, 0.25) is 0 Å². The fourth-order valence-corrected chi connectivity index (χ4v) is 2.58. The van der Waals surface area contributed by atoms with Crippen molar-refractivity contribution in [3.63, 3.8) is 0 Å². The average molecular weight is 275 g/mol. The van der Waals surface area contributed by atoms with Gasteiger partial charge in [-0.1, -0.05) is 18.2 Å². The van der Waals surface area contributed by atoms with Gasteiger partial charge in [0.1, 0.15) is 18.4 Å². The predicted octanol–water partition coefficient (Wildman–Crippen LogP) is 1.22. The van der Waals surface area contributed by atoms with Crippen molar-refractivity contribution >= 4 is 11.9 Å². The van der Waals surface area contributed by atoms with Crippen molar-refractivity contribution in [3.05, 3.63) is 29.8 Å². The molecule has 0 bridgehead atoms. The molecule has 5 heteroatoms. The lowest BCUT2D eigenvalue weighted by molar-refractivity contribution is -0.143. The molecule has 1 aromatic rings. The van der Waals surface area contributed by atoms with Crippen LogP contribution in [0.3, 0.4) is 0 Å². The van der Waals surface area contributed by atoms with E-state index >= 15 is 0 Å². The minimum atomic E-state index is -0.946. The summed E-state index contributed by atoms with van der Waals surface area (Å²) in [6.07, 6.45) is 2.35. The van der Waals surface area contributed by atoms with E-state index in [-0.39, 0.29) is 17.7 Å². The Balaban J connectivity index is 1.65. The Morgan fingerprint density at radius 1 is 1.30 bits per heavy atom. The molecule has 106 valence electrons. The Morgan fingerprint density at radius 2 is 2.05 bits per heavy atom. The van der Waals surface area contributed by atoms with Gasteiger partial charge in [-0.05, 0) is 36.8 Å². The summed E-state index contributed by atoms with van der Waals surface area (Å²) < 4.78 is 5.57.